The largest absolute Gasteiger partial charge is 0.491 e. The number of nitrogens with one attached hydrogen (secondary N) is 2. The van der Waals surface area contributed by atoms with Crippen LogP contribution in [-0.2, 0) is 6.54 Å². The molecule has 0 aliphatic rings. The van der Waals surface area contributed by atoms with Gasteiger partial charge in [-0.2, -0.15) is 0 Å². The van der Waals surface area contributed by atoms with Crippen LogP contribution in [0.4, 0.5) is 5.95 Å². The lowest BCUT2D eigenvalue weighted by Crippen LogP contribution is -2.35. The van der Waals surface area contributed by atoms with Gasteiger partial charge in [0.25, 0.3) is 5.91 Å². The minimum atomic E-state index is -0.332. The van der Waals surface area contributed by atoms with Gasteiger partial charge in [0.2, 0.25) is 5.95 Å². The van der Waals surface area contributed by atoms with E-state index in [4.69, 9.17) is 17.0 Å². The molecule has 8 nitrogen and oxygen atoms in total. The zero-order valence-electron chi connectivity index (χ0n) is 14.5. The molecule has 0 spiro atoms. The van der Waals surface area contributed by atoms with Gasteiger partial charge in [-0.05, 0) is 60.6 Å². The fourth-order valence-electron chi connectivity index (χ4n) is 1.99. The highest BCUT2D eigenvalue weighted by atomic mass is 32.1. The lowest BCUT2D eigenvalue weighted by Gasteiger charge is -2.13. The molecule has 0 saturated heterocycles. The Morgan fingerprint density at radius 1 is 1.40 bits per heavy atom. The molecule has 2 rings (SSSR count). The summed E-state index contributed by atoms with van der Waals surface area (Å²) in [7, 11) is 0. The van der Waals surface area contributed by atoms with E-state index < -0.39 is 0 Å². The van der Waals surface area contributed by atoms with Crippen LogP contribution in [0.25, 0.3) is 0 Å². The summed E-state index contributed by atoms with van der Waals surface area (Å²) in [5.41, 5.74) is 0.457. The molecule has 0 aliphatic carbocycles. The predicted molar refractivity (Wildman–Crippen MR) is 98.6 cm³/mol. The molecule has 1 aromatic carbocycles. The first kappa shape index (κ1) is 18.8. The zero-order valence-corrected chi connectivity index (χ0v) is 15.3. The van der Waals surface area contributed by atoms with E-state index >= 15 is 0 Å². The number of hydrogen-bond acceptors (Lipinski definition) is 6. The second-order valence-electron chi connectivity index (χ2n) is 5.50. The molecule has 2 aromatic rings. The summed E-state index contributed by atoms with van der Waals surface area (Å²) in [5.74, 6) is 0.704. The molecular formula is C16H22N6O2S. The van der Waals surface area contributed by atoms with E-state index in [1.165, 1.54) is 0 Å². The maximum absolute atomic E-state index is 12.3. The molecule has 25 heavy (non-hydrogen) atoms. The van der Waals surface area contributed by atoms with E-state index in [0.29, 0.717) is 23.8 Å². The van der Waals surface area contributed by atoms with Crippen LogP contribution in [0.5, 0.6) is 5.75 Å². The van der Waals surface area contributed by atoms with Gasteiger partial charge in [-0.25, -0.2) is 4.68 Å². The number of aryl methyl sites for hydroxylation is 1. The second kappa shape index (κ2) is 9.07. The molecule has 0 saturated carbocycles. The zero-order chi connectivity index (χ0) is 18.2. The second-order valence-corrected chi connectivity index (χ2v) is 5.91. The van der Waals surface area contributed by atoms with Gasteiger partial charge in [0.15, 0.2) is 5.11 Å². The summed E-state index contributed by atoms with van der Waals surface area (Å²) >= 11 is 5.16. The maximum atomic E-state index is 12.3. The number of carbonyl (C=O) groups is 1. The molecule has 9 heteroatoms. The number of anilines is 1. The molecule has 0 radical (unpaired) electrons. The number of ether oxygens (including phenoxy) is 1. The topological polar surface area (TPSA) is 94.0 Å². The molecule has 134 valence electrons. The van der Waals surface area contributed by atoms with Crippen molar-refractivity contribution >= 4 is 29.2 Å². The normalized spacial score (nSPS) is 11.6. The van der Waals surface area contributed by atoms with Gasteiger partial charge in [-0.15, -0.1) is 0 Å². The molecule has 0 bridgehead atoms. The first-order chi connectivity index (χ1) is 12.0. The lowest BCUT2D eigenvalue weighted by molar-refractivity contribution is 0.0977. The average Bonchev–Trinajstić information content (AvgIpc) is 3.02. The SMILES string of the molecule is CCCn1nnnc1NC(=S)NC(=O)c1cccc(OC(C)CC)c1. The van der Waals surface area contributed by atoms with Crippen molar-refractivity contribution in [2.45, 2.75) is 46.3 Å². The number of hydrogen-bond donors (Lipinski definition) is 2. The third-order valence-corrected chi connectivity index (χ3v) is 3.63. The Bertz CT molecular complexity index is 733. The fourth-order valence-corrected chi connectivity index (χ4v) is 2.17. The van der Waals surface area contributed by atoms with Crippen molar-refractivity contribution in [2.24, 2.45) is 0 Å². The van der Waals surface area contributed by atoms with Gasteiger partial charge in [-0.1, -0.05) is 25.0 Å². The Morgan fingerprint density at radius 3 is 2.92 bits per heavy atom. The number of tetrazole rings is 1. The van der Waals surface area contributed by atoms with Crippen molar-refractivity contribution in [3.63, 3.8) is 0 Å². The van der Waals surface area contributed by atoms with E-state index in [0.717, 1.165) is 12.8 Å². The molecule has 0 aliphatic heterocycles. The Labute approximate surface area is 151 Å². The maximum Gasteiger partial charge on any atom is 0.257 e. The molecule has 0 fully saturated rings. The Kier molecular flexibility index (Phi) is 6.81. The van der Waals surface area contributed by atoms with Crippen LogP contribution in [0.15, 0.2) is 24.3 Å². The van der Waals surface area contributed by atoms with Crippen molar-refractivity contribution in [3.8, 4) is 5.75 Å². The molecule has 2 N–H and O–H groups in total. The molecule has 1 unspecified atom stereocenters. The summed E-state index contributed by atoms with van der Waals surface area (Å²) in [5, 5.41) is 16.9. The number of benzene rings is 1. The number of amides is 1. The van der Waals surface area contributed by atoms with Gasteiger partial charge in [0.1, 0.15) is 5.75 Å². The van der Waals surface area contributed by atoms with Gasteiger partial charge >= 0.3 is 0 Å². The van der Waals surface area contributed by atoms with E-state index in [2.05, 4.69) is 26.2 Å². The predicted octanol–water partition coefficient (Wildman–Crippen LogP) is 2.39. The van der Waals surface area contributed by atoms with Crippen molar-refractivity contribution in [3.05, 3.63) is 29.8 Å². The summed E-state index contributed by atoms with van der Waals surface area (Å²) < 4.78 is 7.31. The molecule has 1 amide bonds. The van der Waals surface area contributed by atoms with Crippen molar-refractivity contribution in [1.82, 2.24) is 25.5 Å². The number of aromatic nitrogens is 4. The van der Waals surface area contributed by atoms with E-state index in [9.17, 15) is 4.79 Å². The van der Waals surface area contributed by atoms with Gasteiger partial charge in [0, 0.05) is 12.1 Å². The summed E-state index contributed by atoms with van der Waals surface area (Å²) in [6, 6.07) is 6.97. The standard InChI is InChI=1S/C16H22N6O2S/c1-4-9-22-15(19-20-21-22)18-16(25)17-14(23)12-7-6-8-13(10-12)24-11(3)5-2/h6-8,10-11H,4-5,9H2,1-3H3,(H2,17,18,19,21,23,25). The molecule has 1 heterocycles. The van der Waals surface area contributed by atoms with Gasteiger partial charge < -0.3 is 4.74 Å². The highest BCUT2D eigenvalue weighted by molar-refractivity contribution is 7.80. The minimum Gasteiger partial charge on any atom is -0.491 e. The smallest absolute Gasteiger partial charge is 0.257 e. The lowest BCUT2D eigenvalue weighted by atomic mass is 10.2. The van der Waals surface area contributed by atoms with Crippen LogP contribution in [0.1, 0.15) is 44.0 Å². The van der Waals surface area contributed by atoms with E-state index in [-0.39, 0.29) is 17.1 Å². The number of rotatable bonds is 7. The van der Waals surface area contributed by atoms with Gasteiger partial charge in [-0.3, -0.25) is 15.4 Å². The van der Waals surface area contributed by atoms with Crippen LogP contribution >= 0.6 is 12.2 Å². The van der Waals surface area contributed by atoms with E-state index in [1.54, 1.807) is 22.9 Å². The van der Waals surface area contributed by atoms with Crippen molar-refractivity contribution in [2.75, 3.05) is 5.32 Å². The van der Waals surface area contributed by atoms with Gasteiger partial charge in [0.05, 0.1) is 6.10 Å². The van der Waals surface area contributed by atoms with E-state index in [1.807, 2.05) is 26.8 Å². The monoisotopic (exact) mass is 362 g/mol. The molecule has 1 atom stereocenters. The Morgan fingerprint density at radius 2 is 2.20 bits per heavy atom. The average molecular weight is 362 g/mol. The quantitative estimate of drug-likeness (QED) is 0.730. The van der Waals surface area contributed by atoms with Crippen LogP contribution in [0, 0.1) is 0 Å². The summed E-state index contributed by atoms with van der Waals surface area (Å²) in [6.45, 7) is 6.69. The summed E-state index contributed by atoms with van der Waals surface area (Å²) in [4.78, 5) is 12.3. The Balaban J connectivity index is 1.98. The van der Waals surface area contributed by atoms with Crippen LogP contribution < -0.4 is 15.4 Å². The Hall–Kier alpha value is -2.55. The number of thiocarbonyl (C=S) groups is 1. The first-order valence-electron chi connectivity index (χ1n) is 8.18. The number of nitrogens with zero attached hydrogens (tertiary/aromatic N) is 4. The highest BCUT2D eigenvalue weighted by Gasteiger charge is 2.12. The summed E-state index contributed by atoms with van der Waals surface area (Å²) in [6.07, 6.45) is 1.84. The third kappa shape index (κ3) is 5.49. The first-order valence-corrected chi connectivity index (χ1v) is 8.59. The fraction of sp³-hybridized carbons (Fsp3) is 0.438. The van der Waals surface area contributed by atoms with Crippen LogP contribution in [-0.4, -0.2) is 37.3 Å². The molecular weight excluding hydrogens is 340 g/mol. The number of carbonyl (C=O) groups excluding carboxylic acids is 1. The third-order valence-electron chi connectivity index (χ3n) is 3.43. The highest BCUT2D eigenvalue weighted by Crippen LogP contribution is 2.16. The van der Waals surface area contributed by atoms with Crippen LogP contribution in [0.3, 0.4) is 0 Å². The van der Waals surface area contributed by atoms with Crippen molar-refractivity contribution in [1.29, 1.82) is 0 Å². The van der Waals surface area contributed by atoms with Crippen molar-refractivity contribution < 1.29 is 9.53 Å². The van der Waals surface area contributed by atoms with Crippen LogP contribution in [0.2, 0.25) is 0 Å². The minimum absolute atomic E-state index is 0.0819. The molecule has 1 aromatic heterocycles.